The molecule has 0 fully saturated rings. The van der Waals surface area contributed by atoms with Gasteiger partial charge in [-0.3, -0.25) is 4.79 Å². The lowest BCUT2D eigenvalue weighted by Crippen LogP contribution is -2.32. The molecule has 1 nitrogen and oxygen atoms in total. The number of Topliss-reactive ketones (excluding diaryl/α,β-unsaturated/α-hetero) is 1. The van der Waals surface area contributed by atoms with Crippen molar-refractivity contribution >= 4 is 24.6 Å². The summed E-state index contributed by atoms with van der Waals surface area (Å²) in [5.41, 5.74) is 7.62. The van der Waals surface area contributed by atoms with Gasteiger partial charge in [0.2, 0.25) is 0 Å². The molecule has 0 spiro atoms. The van der Waals surface area contributed by atoms with Gasteiger partial charge in [-0.1, -0.05) is 97.0 Å². The fourth-order valence-corrected chi connectivity index (χ4v) is 7.62. The Morgan fingerprint density at radius 1 is 0.714 bits per heavy atom. The molecule has 0 amide bonds. The van der Waals surface area contributed by atoms with E-state index in [0.717, 1.165) is 22.7 Å². The van der Waals surface area contributed by atoms with E-state index in [-0.39, 0.29) is 5.78 Å². The molecule has 0 saturated heterocycles. The first-order valence-corrected chi connectivity index (χ1v) is 13.1. The third kappa shape index (κ3) is 3.29. The van der Waals surface area contributed by atoms with Crippen LogP contribution in [-0.4, -0.2) is 13.9 Å². The summed E-state index contributed by atoms with van der Waals surface area (Å²) in [4.78, 5) is 13.8. The molecule has 0 aromatic heterocycles. The van der Waals surface area contributed by atoms with E-state index in [9.17, 15) is 4.79 Å². The number of aryl methyl sites for hydroxylation is 2. The molecule has 3 aromatic carbocycles. The van der Waals surface area contributed by atoms with Gasteiger partial charge in [-0.05, 0) is 41.8 Å². The molecule has 3 aromatic rings. The zero-order valence-electron chi connectivity index (χ0n) is 17.0. The van der Waals surface area contributed by atoms with Gasteiger partial charge in [0.25, 0.3) is 0 Å². The van der Waals surface area contributed by atoms with Crippen LogP contribution in [0.25, 0.3) is 10.8 Å². The zero-order chi connectivity index (χ0) is 19.9. The Bertz CT molecular complexity index is 1070. The normalized spacial score (nSPS) is 15.9. The largest absolute Gasteiger partial charge is 0.289 e. The van der Waals surface area contributed by atoms with Crippen molar-refractivity contribution in [3.05, 3.63) is 106 Å². The Hall–Kier alpha value is -2.71. The molecule has 4 rings (SSSR count). The first-order valence-electron chi connectivity index (χ1n) is 9.88. The summed E-state index contributed by atoms with van der Waals surface area (Å²) in [7, 11) is -1.92. The standard InChI is InChI=1S/C26H26OSi/c1-18-9-13-20(14-10-18)24-25(27)23-8-6-5-7-22(23)17-28(3,4)26(24)21-15-11-19(2)12-16-21/h5-16H,17H2,1-4H3. The SMILES string of the molecule is Cc1ccc(C2=C(c3ccc(C)cc3)[Si](C)(C)Cc3ccccc3C2=O)cc1. The average molecular weight is 383 g/mol. The summed E-state index contributed by atoms with van der Waals surface area (Å²) in [6, 6.07) is 26.3. The van der Waals surface area contributed by atoms with Crippen molar-refractivity contribution in [3.63, 3.8) is 0 Å². The van der Waals surface area contributed by atoms with E-state index < -0.39 is 8.07 Å². The topological polar surface area (TPSA) is 17.1 Å². The Morgan fingerprint density at radius 2 is 1.25 bits per heavy atom. The molecule has 0 bridgehead atoms. The monoisotopic (exact) mass is 382 g/mol. The molecule has 1 heterocycles. The van der Waals surface area contributed by atoms with Gasteiger partial charge in [0.05, 0.1) is 8.07 Å². The van der Waals surface area contributed by atoms with Gasteiger partial charge < -0.3 is 0 Å². The lowest BCUT2D eigenvalue weighted by atomic mass is 9.92. The van der Waals surface area contributed by atoms with Gasteiger partial charge in [0.15, 0.2) is 5.78 Å². The number of benzene rings is 3. The minimum absolute atomic E-state index is 0.160. The highest BCUT2D eigenvalue weighted by Crippen LogP contribution is 2.41. The minimum atomic E-state index is -1.92. The van der Waals surface area contributed by atoms with Crippen molar-refractivity contribution in [3.8, 4) is 0 Å². The van der Waals surface area contributed by atoms with Crippen LogP contribution in [-0.2, 0) is 6.04 Å². The summed E-state index contributed by atoms with van der Waals surface area (Å²) in [5.74, 6) is 0.160. The molecular formula is C26H26OSi. The number of allylic oxidation sites excluding steroid dienone is 1. The van der Waals surface area contributed by atoms with Crippen LogP contribution in [0.2, 0.25) is 13.1 Å². The number of ketones is 1. The molecule has 0 N–H and O–H groups in total. The van der Waals surface area contributed by atoms with Gasteiger partial charge in [0.1, 0.15) is 0 Å². The lowest BCUT2D eigenvalue weighted by Gasteiger charge is -2.27. The molecule has 0 unspecified atom stereocenters. The molecule has 28 heavy (non-hydrogen) atoms. The molecule has 2 heteroatoms. The predicted molar refractivity (Wildman–Crippen MR) is 121 cm³/mol. The first-order chi connectivity index (χ1) is 13.4. The van der Waals surface area contributed by atoms with Crippen LogP contribution >= 0.6 is 0 Å². The average Bonchev–Trinajstić information content (AvgIpc) is 2.75. The fourth-order valence-electron chi connectivity index (χ4n) is 4.30. The van der Waals surface area contributed by atoms with Crippen LogP contribution in [0.3, 0.4) is 0 Å². The van der Waals surface area contributed by atoms with Crippen LogP contribution < -0.4 is 0 Å². The van der Waals surface area contributed by atoms with E-state index >= 15 is 0 Å². The maximum atomic E-state index is 13.8. The first kappa shape index (κ1) is 18.6. The third-order valence-electron chi connectivity index (χ3n) is 5.73. The second-order valence-corrected chi connectivity index (χ2v) is 13.2. The zero-order valence-corrected chi connectivity index (χ0v) is 18.0. The Balaban J connectivity index is 2.06. The van der Waals surface area contributed by atoms with Gasteiger partial charge >= 0.3 is 0 Å². The summed E-state index contributed by atoms with van der Waals surface area (Å²) in [6.07, 6.45) is 0. The molecule has 1 aliphatic rings. The van der Waals surface area contributed by atoms with Crippen LogP contribution in [0.4, 0.5) is 0 Å². The van der Waals surface area contributed by atoms with Crippen LogP contribution in [0.5, 0.6) is 0 Å². The molecular weight excluding hydrogens is 356 g/mol. The number of fused-ring (bicyclic) bond motifs is 1. The van der Waals surface area contributed by atoms with Gasteiger partial charge in [-0.25, -0.2) is 0 Å². The van der Waals surface area contributed by atoms with Crippen molar-refractivity contribution < 1.29 is 4.79 Å². The highest BCUT2D eigenvalue weighted by molar-refractivity contribution is 6.97. The Morgan fingerprint density at radius 3 is 1.86 bits per heavy atom. The molecule has 0 atom stereocenters. The highest BCUT2D eigenvalue weighted by Gasteiger charge is 2.37. The summed E-state index contributed by atoms with van der Waals surface area (Å²) in [6.45, 7) is 8.98. The molecule has 0 radical (unpaired) electrons. The van der Waals surface area contributed by atoms with Gasteiger partial charge in [-0.15, -0.1) is 0 Å². The minimum Gasteiger partial charge on any atom is -0.289 e. The van der Waals surface area contributed by atoms with E-state index in [2.05, 4.69) is 87.6 Å². The smallest absolute Gasteiger partial charge is 0.193 e. The maximum absolute atomic E-state index is 13.8. The van der Waals surface area contributed by atoms with E-state index in [0.29, 0.717) is 0 Å². The van der Waals surface area contributed by atoms with E-state index in [4.69, 9.17) is 0 Å². The Kier molecular flexibility index (Phi) is 4.68. The highest BCUT2D eigenvalue weighted by atomic mass is 28.3. The lowest BCUT2D eigenvalue weighted by molar-refractivity contribution is 0.105. The molecule has 0 aliphatic carbocycles. The Labute approximate surface area is 168 Å². The fraction of sp³-hybridized carbons (Fsp3) is 0.192. The quantitative estimate of drug-likeness (QED) is 0.466. The number of carbonyl (C=O) groups excluding carboxylic acids is 1. The summed E-state index contributed by atoms with van der Waals surface area (Å²) >= 11 is 0. The van der Waals surface area contributed by atoms with Crippen LogP contribution in [0, 0.1) is 13.8 Å². The van der Waals surface area contributed by atoms with Crippen molar-refractivity contribution in [2.75, 3.05) is 0 Å². The van der Waals surface area contributed by atoms with E-state index in [1.54, 1.807) is 0 Å². The van der Waals surface area contributed by atoms with Gasteiger partial charge in [0, 0.05) is 11.1 Å². The number of rotatable bonds is 2. The second-order valence-electron chi connectivity index (χ2n) is 8.53. The van der Waals surface area contributed by atoms with Crippen molar-refractivity contribution in [2.45, 2.75) is 33.0 Å². The van der Waals surface area contributed by atoms with Crippen LogP contribution in [0.15, 0.2) is 72.8 Å². The molecule has 1 aliphatic heterocycles. The van der Waals surface area contributed by atoms with Crippen molar-refractivity contribution in [1.82, 2.24) is 0 Å². The molecule has 0 saturated carbocycles. The van der Waals surface area contributed by atoms with E-state index in [1.807, 2.05) is 12.1 Å². The summed E-state index contributed by atoms with van der Waals surface area (Å²) in [5, 5.41) is 1.28. The number of hydrogen-bond acceptors (Lipinski definition) is 1. The summed E-state index contributed by atoms with van der Waals surface area (Å²) < 4.78 is 0. The van der Waals surface area contributed by atoms with Crippen molar-refractivity contribution in [1.29, 1.82) is 0 Å². The predicted octanol–water partition coefficient (Wildman–Crippen LogP) is 6.44. The van der Waals surface area contributed by atoms with Gasteiger partial charge in [-0.2, -0.15) is 0 Å². The third-order valence-corrected chi connectivity index (χ3v) is 8.89. The van der Waals surface area contributed by atoms with Crippen LogP contribution in [0.1, 0.15) is 38.2 Å². The number of hydrogen-bond donors (Lipinski definition) is 0. The molecule has 140 valence electrons. The second kappa shape index (κ2) is 7.03. The maximum Gasteiger partial charge on any atom is 0.193 e. The van der Waals surface area contributed by atoms with Crippen molar-refractivity contribution in [2.24, 2.45) is 0 Å². The number of carbonyl (C=O) groups is 1. The van der Waals surface area contributed by atoms with E-state index in [1.165, 1.54) is 27.5 Å².